The fourth-order valence-electron chi connectivity index (χ4n) is 1.48. The lowest BCUT2D eigenvalue weighted by Crippen LogP contribution is -2.27. The molecule has 0 aliphatic heterocycles. The van der Waals surface area contributed by atoms with Crippen molar-refractivity contribution < 1.29 is 4.39 Å². The van der Waals surface area contributed by atoms with Crippen molar-refractivity contribution in [3.8, 4) is 0 Å². The second-order valence-electron chi connectivity index (χ2n) is 3.43. The van der Waals surface area contributed by atoms with Crippen LogP contribution in [0.4, 0.5) is 4.39 Å². The first-order chi connectivity index (χ1) is 7.19. The molecular formula is C12H15BrFN. The summed E-state index contributed by atoms with van der Waals surface area (Å²) < 4.78 is 13.8. The molecule has 0 amide bonds. The third kappa shape index (κ3) is 3.43. The van der Waals surface area contributed by atoms with E-state index in [4.69, 9.17) is 0 Å². The van der Waals surface area contributed by atoms with Crippen LogP contribution in [0.25, 0.3) is 0 Å². The number of benzene rings is 1. The van der Waals surface area contributed by atoms with Crippen LogP contribution in [0.3, 0.4) is 0 Å². The zero-order chi connectivity index (χ0) is 11.3. The van der Waals surface area contributed by atoms with Crippen LogP contribution in [0.1, 0.15) is 12.0 Å². The molecule has 0 bridgehead atoms. The minimum atomic E-state index is -0.207. The third-order valence-electron chi connectivity index (χ3n) is 2.36. The van der Waals surface area contributed by atoms with Crippen molar-refractivity contribution in [1.82, 2.24) is 5.32 Å². The molecule has 0 saturated carbocycles. The van der Waals surface area contributed by atoms with Gasteiger partial charge in [-0.3, -0.25) is 0 Å². The Bertz CT molecular complexity index is 338. The summed E-state index contributed by atoms with van der Waals surface area (Å²) in [5, 5.41) is 3.18. The van der Waals surface area contributed by atoms with Gasteiger partial charge < -0.3 is 5.32 Å². The van der Waals surface area contributed by atoms with E-state index in [-0.39, 0.29) is 5.82 Å². The fraction of sp³-hybridized carbons (Fsp3) is 0.333. The number of rotatable bonds is 5. The Morgan fingerprint density at radius 3 is 2.93 bits per heavy atom. The van der Waals surface area contributed by atoms with Gasteiger partial charge in [-0.1, -0.05) is 18.2 Å². The molecule has 15 heavy (non-hydrogen) atoms. The number of nitrogens with one attached hydrogen (secondary N) is 1. The minimum Gasteiger partial charge on any atom is -0.316 e. The molecule has 82 valence electrons. The summed E-state index contributed by atoms with van der Waals surface area (Å²) in [6.07, 6.45) is 3.54. The highest BCUT2D eigenvalue weighted by molar-refractivity contribution is 9.10. The van der Waals surface area contributed by atoms with Gasteiger partial charge in [0.2, 0.25) is 0 Å². The van der Waals surface area contributed by atoms with Gasteiger partial charge in [0.1, 0.15) is 5.82 Å². The average Bonchev–Trinajstić information content (AvgIpc) is 2.24. The Labute approximate surface area is 98.5 Å². The highest BCUT2D eigenvalue weighted by Crippen LogP contribution is 2.22. The Balaban J connectivity index is 2.78. The van der Waals surface area contributed by atoms with E-state index in [1.165, 1.54) is 6.07 Å². The molecule has 3 heteroatoms. The molecule has 0 heterocycles. The molecule has 1 aromatic carbocycles. The van der Waals surface area contributed by atoms with Crippen LogP contribution < -0.4 is 5.32 Å². The van der Waals surface area contributed by atoms with E-state index in [2.05, 4.69) is 27.8 Å². The Morgan fingerprint density at radius 1 is 1.60 bits per heavy atom. The summed E-state index contributed by atoms with van der Waals surface area (Å²) in [5.74, 6) is -0.207. The lowest BCUT2D eigenvalue weighted by Gasteiger charge is -2.15. The summed E-state index contributed by atoms with van der Waals surface area (Å²) in [6.45, 7) is 3.70. The van der Waals surface area contributed by atoms with Crippen LogP contribution in [-0.2, 0) is 6.42 Å². The van der Waals surface area contributed by atoms with Gasteiger partial charge in [0.05, 0.1) is 4.47 Å². The maximum atomic E-state index is 13.2. The largest absolute Gasteiger partial charge is 0.316 e. The van der Waals surface area contributed by atoms with Gasteiger partial charge in [-0.25, -0.2) is 4.39 Å². The van der Waals surface area contributed by atoms with E-state index in [0.717, 1.165) is 18.4 Å². The Kier molecular flexibility index (Phi) is 4.99. The third-order valence-corrected chi connectivity index (χ3v) is 3.25. The monoisotopic (exact) mass is 271 g/mol. The summed E-state index contributed by atoms with van der Waals surface area (Å²) >= 11 is 3.26. The van der Waals surface area contributed by atoms with Crippen LogP contribution in [0.2, 0.25) is 0 Å². The zero-order valence-electron chi connectivity index (χ0n) is 8.76. The van der Waals surface area contributed by atoms with Crippen molar-refractivity contribution >= 4 is 15.9 Å². The lowest BCUT2D eigenvalue weighted by molar-refractivity contribution is 0.559. The van der Waals surface area contributed by atoms with Crippen molar-refractivity contribution in [2.45, 2.75) is 18.9 Å². The highest BCUT2D eigenvalue weighted by Gasteiger charge is 2.10. The zero-order valence-corrected chi connectivity index (χ0v) is 10.3. The second-order valence-corrected chi connectivity index (χ2v) is 4.22. The predicted molar refractivity (Wildman–Crippen MR) is 65.5 cm³/mol. The minimum absolute atomic E-state index is 0.207. The standard InChI is InChI=1S/C12H15BrFN/c1-3-5-10(15-2)8-9-6-4-7-11(14)12(9)13/h3-4,6-7,10,15H,1,5,8H2,2H3. The molecule has 0 aliphatic rings. The molecule has 0 radical (unpaired) electrons. The molecule has 1 unspecified atom stereocenters. The SMILES string of the molecule is C=CCC(Cc1cccc(F)c1Br)NC. The van der Waals surface area contributed by atoms with Gasteiger partial charge in [-0.2, -0.15) is 0 Å². The van der Waals surface area contributed by atoms with Gasteiger partial charge >= 0.3 is 0 Å². The van der Waals surface area contributed by atoms with E-state index >= 15 is 0 Å². The van der Waals surface area contributed by atoms with Crippen LogP contribution >= 0.6 is 15.9 Å². The average molecular weight is 272 g/mol. The van der Waals surface area contributed by atoms with Crippen LogP contribution in [-0.4, -0.2) is 13.1 Å². The smallest absolute Gasteiger partial charge is 0.137 e. The number of likely N-dealkylation sites (N-methyl/N-ethyl adjacent to an activating group) is 1. The summed E-state index contributed by atoms with van der Waals surface area (Å²) in [6, 6.07) is 5.42. The number of hydrogen-bond acceptors (Lipinski definition) is 1. The van der Waals surface area contributed by atoms with Crippen molar-refractivity contribution in [2.24, 2.45) is 0 Å². The van der Waals surface area contributed by atoms with Crippen molar-refractivity contribution in [2.75, 3.05) is 7.05 Å². The highest BCUT2D eigenvalue weighted by atomic mass is 79.9. The topological polar surface area (TPSA) is 12.0 Å². The lowest BCUT2D eigenvalue weighted by atomic mass is 10.0. The first-order valence-corrected chi connectivity index (χ1v) is 5.69. The predicted octanol–water partition coefficient (Wildman–Crippen LogP) is 3.29. The fourth-order valence-corrected chi connectivity index (χ4v) is 1.90. The van der Waals surface area contributed by atoms with Gasteiger partial charge in [-0.05, 0) is 47.4 Å². The van der Waals surface area contributed by atoms with Crippen LogP contribution in [0.15, 0.2) is 35.3 Å². The first-order valence-electron chi connectivity index (χ1n) is 4.90. The summed E-state index contributed by atoms with van der Waals surface area (Å²) in [7, 11) is 1.90. The molecule has 1 aromatic rings. The molecule has 0 aliphatic carbocycles. The maximum absolute atomic E-state index is 13.2. The molecule has 1 atom stereocenters. The summed E-state index contributed by atoms with van der Waals surface area (Å²) in [5.41, 5.74) is 0.983. The molecule has 0 fully saturated rings. The van der Waals surface area contributed by atoms with E-state index in [1.807, 2.05) is 19.2 Å². The van der Waals surface area contributed by atoms with Crippen LogP contribution in [0.5, 0.6) is 0 Å². The van der Waals surface area contributed by atoms with E-state index in [0.29, 0.717) is 10.5 Å². The van der Waals surface area contributed by atoms with Crippen molar-refractivity contribution in [1.29, 1.82) is 0 Å². The number of hydrogen-bond donors (Lipinski definition) is 1. The molecule has 0 aromatic heterocycles. The molecule has 1 rings (SSSR count). The molecule has 0 spiro atoms. The van der Waals surface area contributed by atoms with Crippen molar-refractivity contribution in [3.05, 3.63) is 46.7 Å². The van der Waals surface area contributed by atoms with Gasteiger partial charge in [0, 0.05) is 6.04 Å². The van der Waals surface area contributed by atoms with Crippen LogP contribution in [0, 0.1) is 5.82 Å². The van der Waals surface area contributed by atoms with Crippen molar-refractivity contribution in [3.63, 3.8) is 0 Å². The van der Waals surface area contributed by atoms with Gasteiger partial charge in [-0.15, -0.1) is 6.58 Å². The van der Waals surface area contributed by atoms with Gasteiger partial charge in [0.15, 0.2) is 0 Å². The van der Waals surface area contributed by atoms with Gasteiger partial charge in [0.25, 0.3) is 0 Å². The molecule has 1 N–H and O–H groups in total. The molecular weight excluding hydrogens is 257 g/mol. The van der Waals surface area contributed by atoms with E-state index < -0.39 is 0 Å². The molecule has 0 saturated heterocycles. The quantitative estimate of drug-likeness (QED) is 0.811. The van der Waals surface area contributed by atoms with E-state index in [1.54, 1.807) is 6.07 Å². The summed E-state index contributed by atoms with van der Waals surface area (Å²) in [4.78, 5) is 0. The normalized spacial score (nSPS) is 12.5. The first kappa shape index (κ1) is 12.4. The van der Waals surface area contributed by atoms with E-state index in [9.17, 15) is 4.39 Å². The Morgan fingerprint density at radius 2 is 2.33 bits per heavy atom. The Hall–Kier alpha value is -0.670. The number of halogens is 2. The second kappa shape index (κ2) is 6.03. The molecule has 1 nitrogen and oxygen atoms in total. The maximum Gasteiger partial charge on any atom is 0.137 e.